The van der Waals surface area contributed by atoms with Crippen LogP contribution in [0, 0.1) is 0 Å². The number of nitrogens with zero attached hydrogens (tertiary/aromatic N) is 1. The average molecular weight is 415 g/mol. The topological polar surface area (TPSA) is 101 Å². The van der Waals surface area contributed by atoms with E-state index in [0.717, 1.165) is 16.5 Å². The second-order valence-electron chi connectivity index (χ2n) is 8.48. The minimum atomic E-state index is -0.871. The quantitative estimate of drug-likeness (QED) is 0.732. The Hall–Kier alpha value is -3.03. The van der Waals surface area contributed by atoms with Crippen molar-refractivity contribution < 1.29 is 23.9 Å². The minimum Gasteiger partial charge on any atom is -0.467 e. The van der Waals surface area contributed by atoms with Crippen LogP contribution >= 0.6 is 0 Å². The first-order valence-corrected chi connectivity index (χ1v) is 10.1. The predicted molar refractivity (Wildman–Crippen MR) is 112 cm³/mol. The fraction of sp³-hybridized carbons (Fsp3) is 0.500. The molecule has 0 bridgehead atoms. The number of hydrogen-bond donors (Lipinski definition) is 2. The number of nitrogens with one attached hydrogen (secondary N) is 2. The van der Waals surface area contributed by atoms with E-state index < -0.39 is 29.7 Å². The number of aromatic nitrogens is 1. The van der Waals surface area contributed by atoms with Crippen molar-refractivity contribution in [1.29, 1.82) is 0 Å². The number of likely N-dealkylation sites (tertiary alicyclic amines) is 1. The number of ether oxygens (including phenoxy) is 2. The zero-order valence-corrected chi connectivity index (χ0v) is 17.9. The van der Waals surface area contributed by atoms with E-state index in [9.17, 15) is 14.4 Å². The van der Waals surface area contributed by atoms with Gasteiger partial charge in [-0.25, -0.2) is 9.59 Å². The fourth-order valence-corrected chi connectivity index (χ4v) is 3.78. The number of aromatic amines is 1. The van der Waals surface area contributed by atoms with Crippen molar-refractivity contribution in [1.82, 2.24) is 15.2 Å². The molecule has 2 heterocycles. The molecule has 1 aromatic carbocycles. The highest BCUT2D eigenvalue weighted by Gasteiger charge is 2.39. The molecule has 1 aliphatic heterocycles. The Morgan fingerprint density at radius 2 is 2.00 bits per heavy atom. The van der Waals surface area contributed by atoms with E-state index >= 15 is 0 Å². The predicted octanol–water partition coefficient (Wildman–Crippen LogP) is 2.77. The smallest absolute Gasteiger partial charge is 0.408 e. The molecule has 1 aromatic heterocycles. The van der Waals surface area contributed by atoms with Crippen molar-refractivity contribution in [3.63, 3.8) is 0 Å². The number of carbonyl (C=O) groups excluding carboxylic acids is 3. The summed E-state index contributed by atoms with van der Waals surface area (Å²) in [7, 11) is 1.31. The lowest BCUT2D eigenvalue weighted by Gasteiger charge is -2.29. The molecule has 2 atom stereocenters. The summed E-state index contributed by atoms with van der Waals surface area (Å²) < 4.78 is 10.2. The zero-order chi connectivity index (χ0) is 21.9. The summed E-state index contributed by atoms with van der Waals surface area (Å²) in [5.41, 5.74) is 1.15. The summed E-state index contributed by atoms with van der Waals surface area (Å²) in [4.78, 5) is 42.6. The van der Waals surface area contributed by atoms with Crippen LogP contribution < -0.4 is 5.32 Å². The van der Waals surface area contributed by atoms with Crippen LogP contribution in [0.3, 0.4) is 0 Å². The molecule has 1 aliphatic rings. The number of methoxy groups -OCH3 is 1. The summed E-state index contributed by atoms with van der Waals surface area (Å²) in [6.07, 6.45) is 2.69. The number of H-pyrrole nitrogens is 1. The van der Waals surface area contributed by atoms with Crippen LogP contribution in [0.25, 0.3) is 10.9 Å². The minimum absolute atomic E-state index is 0.270. The van der Waals surface area contributed by atoms with Crippen LogP contribution in [-0.4, -0.2) is 59.2 Å². The summed E-state index contributed by atoms with van der Waals surface area (Å²) in [6, 6.07) is 6.26. The number of hydrogen-bond acceptors (Lipinski definition) is 5. The largest absolute Gasteiger partial charge is 0.467 e. The van der Waals surface area contributed by atoms with Gasteiger partial charge in [0.05, 0.1) is 7.11 Å². The molecule has 8 heteroatoms. The summed E-state index contributed by atoms with van der Waals surface area (Å²) in [6.45, 7) is 5.73. The second kappa shape index (κ2) is 8.77. The van der Waals surface area contributed by atoms with Gasteiger partial charge in [-0.05, 0) is 45.2 Å². The van der Waals surface area contributed by atoms with Gasteiger partial charge in [0.25, 0.3) is 0 Å². The Morgan fingerprint density at radius 1 is 1.27 bits per heavy atom. The van der Waals surface area contributed by atoms with Gasteiger partial charge in [-0.15, -0.1) is 0 Å². The number of carbonyl (C=O) groups is 3. The zero-order valence-electron chi connectivity index (χ0n) is 17.9. The molecule has 0 saturated carbocycles. The fourth-order valence-electron chi connectivity index (χ4n) is 3.78. The van der Waals surface area contributed by atoms with Crippen molar-refractivity contribution >= 4 is 28.9 Å². The van der Waals surface area contributed by atoms with E-state index in [1.165, 1.54) is 12.0 Å². The third-order valence-electron chi connectivity index (χ3n) is 5.10. The number of amides is 2. The SMILES string of the molecule is COC(=O)[C@@H]1CCCN1C(=O)[C@H](Cc1c[nH]c2ccccc12)NC(=O)OC(C)(C)C. The van der Waals surface area contributed by atoms with E-state index in [1.54, 1.807) is 20.8 Å². The second-order valence-corrected chi connectivity index (χ2v) is 8.48. The molecule has 0 radical (unpaired) electrons. The first-order chi connectivity index (χ1) is 14.2. The van der Waals surface area contributed by atoms with Gasteiger partial charge >= 0.3 is 12.1 Å². The Balaban J connectivity index is 1.86. The van der Waals surface area contributed by atoms with Crippen LogP contribution in [0.1, 0.15) is 39.2 Å². The number of rotatable bonds is 5. The summed E-state index contributed by atoms with van der Waals surface area (Å²) in [5, 5.41) is 3.69. The van der Waals surface area contributed by atoms with E-state index in [4.69, 9.17) is 9.47 Å². The summed E-state index contributed by atoms with van der Waals surface area (Å²) >= 11 is 0. The molecule has 0 aliphatic carbocycles. The van der Waals surface area contributed by atoms with Crippen LogP contribution in [0.4, 0.5) is 4.79 Å². The lowest BCUT2D eigenvalue weighted by molar-refractivity contribution is -0.151. The lowest BCUT2D eigenvalue weighted by atomic mass is 10.0. The molecule has 30 heavy (non-hydrogen) atoms. The molecule has 1 fully saturated rings. The van der Waals surface area contributed by atoms with Crippen LogP contribution in [0.2, 0.25) is 0 Å². The molecule has 2 N–H and O–H groups in total. The molecule has 1 saturated heterocycles. The maximum atomic E-state index is 13.4. The molecule has 0 unspecified atom stereocenters. The van der Waals surface area contributed by atoms with Gasteiger partial charge in [0.1, 0.15) is 17.7 Å². The van der Waals surface area contributed by atoms with Gasteiger partial charge in [0.2, 0.25) is 5.91 Å². The monoisotopic (exact) mass is 415 g/mol. The Kier molecular flexibility index (Phi) is 6.34. The van der Waals surface area contributed by atoms with Gasteiger partial charge in [0, 0.05) is 30.1 Å². The molecule has 0 spiro atoms. The Labute approximate surface area is 175 Å². The maximum Gasteiger partial charge on any atom is 0.408 e. The maximum absolute atomic E-state index is 13.4. The normalized spacial score (nSPS) is 17.6. The van der Waals surface area contributed by atoms with E-state index in [-0.39, 0.29) is 12.3 Å². The van der Waals surface area contributed by atoms with Crippen molar-refractivity contribution in [2.45, 2.75) is 57.7 Å². The number of para-hydroxylation sites is 1. The highest BCUT2D eigenvalue weighted by atomic mass is 16.6. The third kappa shape index (κ3) is 4.93. The van der Waals surface area contributed by atoms with Gasteiger partial charge < -0.3 is 24.7 Å². The van der Waals surface area contributed by atoms with E-state index in [2.05, 4.69) is 10.3 Å². The lowest BCUT2D eigenvalue weighted by Crippen LogP contribution is -2.53. The van der Waals surface area contributed by atoms with Crippen LogP contribution in [-0.2, 0) is 25.5 Å². The van der Waals surface area contributed by atoms with Gasteiger partial charge in [0.15, 0.2) is 0 Å². The standard InChI is InChI=1S/C22H29N3O5/c1-22(2,3)30-21(28)24-17(12-14-13-23-16-9-6-5-8-15(14)16)19(26)25-11-7-10-18(25)20(27)29-4/h5-6,8-9,13,17-18,23H,7,10-12H2,1-4H3,(H,24,28)/t17-,18-/m0/s1. The van der Waals surface area contributed by atoms with Crippen molar-refractivity contribution in [3.8, 4) is 0 Å². The molecule has 2 amide bonds. The molecule has 2 aromatic rings. The molecule has 3 rings (SSSR count). The first-order valence-electron chi connectivity index (χ1n) is 10.1. The number of alkyl carbamates (subject to hydrolysis) is 1. The van der Waals surface area contributed by atoms with Crippen LogP contribution in [0.5, 0.6) is 0 Å². The van der Waals surface area contributed by atoms with Crippen LogP contribution in [0.15, 0.2) is 30.5 Å². The highest BCUT2D eigenvalue weighted by molar-refractivity contribution is 5.91. The van der Waals surface area contributed by atoms with Crippen molar-refractivity contribution in [2.24, 2.45) is 0 Å². The number of esters is 1. The number of benzene rings is 1. The highest BCUT2D eigenvalue weighted by Crippen LogP contribution is 2.23. The first kappa shape index (κ1) is 21.7. The third-order valence-corrected chi connectivity index (χ3v) is 5.10. The molecule has 8 nitrogen and oxygen atoms in total. The Morgan fingerprint density at radius 3 is 2.70 bits per heavy atom. The van der Waals surface area contributed by atoms with Crippen molar-refractivity contribution in [2.75, 3.05) is 13.7 Å². The van der Waals surface area contributed by atoms with Gasteiger partial charge in [-0.1, -0.05) is 18.2 Å². The number of fused-ring (bicyclic) bond motifs is 1. The van der Waals surface area contributed by atoms with E-state index in [0.29, 0.717) is 19.4 Å². The van der Waals surface area contributed by atoms with E-state index in [1.807, 2.05) is 30.5 Å². The molecular formula is C22H29N3O5. The molecular weight excluding hydrogens is 386 g/mol. The summed E-state index contributed by atoms with van der Waals surface area (Å²) in [5.74, 6) is -0.761. The average Bonchev–Trinajstić information content (AvgIpc) is 3.32. The van der Waals surface area contributed by atoms with Gasteiger partial charge in [-0.2, -0.15) is 0 Å². The van der Waals surface area contributed by atoms with Gasteiger partial charge in [-0.3, -0.25) is 4.79 Å². The van der Waals surface area contributed by atoms with Crippen molar-refractivity contribution in [3.05, 3.63) is 36.0 Å². The molecule has 162 valence electrons. The Bertz CT molecular complexity index is 930.